The van der Waals surface area contributed by atoms with E-state index in [1.165, 1.54) is 0 Å². The molecule has 1 amide bonds. The number of hydrogen-bond donors (Lipinski definition) is 1. The second kappa shape index (κ2) is 6.86. The fourth-order valence-corrected chi connectivity index (χ4v) is 2.66. The zero-order chi connectivity index (χ0) is 15.6. The molecule has 4 nitrogen and oxygen atoms in total. The van der Waals surface area contributed by atoms with Gasteiger partial charge in [-0.3, -0.25) is 4.79 Å². The number of halogens is 2. The van der Waals surface area contributed by atoms with Crippen LogP contribution in [-0.2, 0) is 4.79 Å². The van der Waals surface area contributed by atoms with E-state index in [2.05, 4.69) is 4.90 Å². The summed E-state index contributed by atoms with van der Waals surface area (Å²) in [5.41, 5.74) is 6.97. The van der Waals surface area contributed by atoms with Gasteiger partial charge in [0.1, 0.15) is 0 Å². The lowest BCUT2D eigenvalue weighted by atomic mass is 10.0. The Hall–Kier alpha value is -0.970. The molecule has 0 radical (unpaired) electrons. The molecule has 1 aliphatic rings. The Labute approximate surface area is 135 Å². The Morgan fingerprint density at radius 3 is 2.29 bits per heavy atom. The van der Waals surface area contributed by atoms with E-state index in [9.17, 15) is 4.79 Å². The van der Waals surface area contributed by atoms with Crippen molar-refractivity contribution in [3.63, 3.8) is 0 Å². The molecule has 0 spiro atoms. The third kappa shape index (κ3) is 3.82. The third-order valence-corrected chi connectivity index (χ3v) is 4.60. The predicted octanol–water partition coefficient (Wildman–Crippen LogP) is 2.63. The molecule has 0 aliphatic carbocycles. The topological polar surface area (TPSA) is 49.6 Å². The van der Waals surface area contributed by atoms with E-state index < -0.39 is 6.04 Å². The van der Waals surface area contributed by atoms with Gasteiger partial charge in [-0.2, -0.15) is 0 Å². The van der Waals surface area contributed by atoms with Gasteiger partial charge in [0.15, 0.2) is 0 Å². The zero-order valence-corrected chi connectivity index (χ0v) is 13.9. The SMILES string of the molecule is CC(C)C(N)C(=O)N1CCN(c2ccc(Cl)c(Cl)c2)CC1. The van der Waals surface area contributed by atoms with Crippen molar-refractivity contribution in [3.05, 3.63) is 28.2 Å². The number of rotatable bonds is 3. The largest absolute Gasteiger partial charge is 0.368 e. The zero-order valence-electron chi connectivity index (χ0n) is 12.4. The van der Waals surface area contributed by atoms with Crippen molar-refractivity contribution >= 4 is 34.8 Å². The van der Waals surface area contributed by atoms with E-state index in [4.69, 9.17) is 28.9 Å². The number of carbonyl (C=O) groups is 1. The average Bonchev–Trinajstić information content (AvgIpc) is 2.48. The van der Waals surface area contributed by atoms with Crippen LogP contribution in [0.3, 0.4) is 0 Å². The molecule has 1 saturated heterocycles. The van der Waals surface area contributed by atoms with Crippen LogP contribution in [0, 0.1) is 5.92 Å². The summed E-state index contributed by atoms with van der Waals surface area (Å²) in [5, 5.41) is 1.10. The first kappa shape index (κ1) is 16.4. The maximum atomic E-state index is 12.2. The smallest absolute Gasteiger partial charge is 0.239 e. The monoisotopic (exact) mass is 329 g/mol. The van der Waals surface area contributed by atoms with Gasteiger partial charge in [-0.15, -0.1) is 0 Å². The number of nitrogens with zero attached hydrogens (tertiary/aromatic N) is 2. The Kier molecular flexibility index (Phi) is 5.36. The first-order valence-corrected chi connectivity index (χ1v) is 7.90. The van der Waals surface area contributed by atoms with E-state index in [0.29, 0.717) is 23.1 Å². The number of carbonyl (C=O) groups excluding carboxylic acids is 1. The number of anilines is 1. The van der Waals surface area contributed by atoms with Gasteiger partial charge in [0.2, 0.25) is 5.91 Å². The maximum absolute atomic E-state index is 12.2. The van der Waals surface area contributed by atoms with Gasteiger partial charge >= 0.3 is 0 Å². The van der Waals surface area contributed by atoms with Crippen LogP contribution in [0.5, 0.6) is 0 Å². The van der Waals surface area contributed by atoms with E-state index in [1.807, 2.05) is 30.9 Å². The van der Waals surface area contributed by atoms with Gasteiger partial charge in [-0.25, -0.2) is 0 Å². The van der Waals surface area contributed by atoms with Crippen LogP contribution in [0.1, 0.15) is 13.8 Å². The summed E-state index contributed by atoms with van der Waals surface area (Å²) in [4.78, 5) is 16.3. The average molecular weight is 330 g/mol. The predicted molar refractivity (Wildman–Crippen MR) is 88.1 cm³/mol. The minimum Gasteiger partial charge on any atom is -0.368 e. The van der Waals surface area contributed by atoms with Crippen LogP contribution in [0.4, 0.5) is 5.69 Å². The molecule has 0 bridgehead atoms. The molecule has 21 heavy (non-hydrogen) atoms. The summed E-state index contributed by atoms with van der Waals surface area (Å²) >= 11 is 12.0. The minimum atomic E-state index is -0.415. The molecule has 0 saturated carbocycles. The molecule has 1 aromatic carbocycles. The van der Waals surface area contributed by atoms with Crippen LogP contribution in [0.25, 0.3) is 0 Å². The fourth-order valence-electron chi connectivity index (χ4n) is 2.36. The summed E-state index contributed by atoms with van der Waals surface area (Å²) in [6, 6.07) is 5.19. The van der Waals surface area contributed by atoms with Gasteiger partial charge in [0.25, 0.3) is 0 Å². The summed E-state index contributed by atoms with van der Waals surface area (Å²) in [7, 11) is 0. The lowest BCUT2D eigenvalue weighted by molar-refractivity contribution is -0.133. The number of hydrogen-bond acceptors (Lipinski definition) is 3. The highest BCUT2D eigenvalue weighted by atomic mass is 35.5. The van der Waals surface area contributed by atoms with Crippen molar-refractivity contribution in [1.29, 1.82) is 0 Å². The fraction of sp³-hybridized carbons (Fsp3) is 0.533. The van der Waals surface area contributed by atoms with Crippen LogP contribution < -0.4 is 10.6 Å². The van der Waals surface area contributed by atoms with E-state index >= 15 is 0 Å². The second-order valence-corrected chi connectivity index (χ2v) is 6.49. The molecule has 1 unspecified atom stereocenters. The first-order chi connectivity index (χ1) is 9.90. The van der Waals surface area contributed by atoms with E-state index in [1.54, 1.807) is 6.07 Å². The molecule has 2 N–H and O–H groups in total. The normalized spacial score (nSPS) is 17.2. The van der Waals surface area contributed by atoms with Crippen molar-refractivity contribution < 1.29 is 4.79 Å². The number of benzene rings is 1. The van der Waals surface area contributed by atoms with Gasteiger partial charge in [-0.1, -0.05) is 37.0 Å². The molecule has 1 atom stereocenters. The van der Waals surface area contributed by atoms with Crippen LogP contribution >= 0.6 is 23.2 Å². The molecule has 0 aromatic heterocycles. The molecule has 1 aliphatic heterocycles. The standard InChI is InChI=1S/C15H21Cl2N3O/c1-10(2)14(18)15(21)20-7-5-19(6-8-20)11-3-4-12(16)13(17)9-11/h3-4,9-10,14H,5-8,18H2,1-2H3. The van der Waals surface area contributed by atoms with Crippen molar-refractivity contribution in [1.82, 2.24) is 4.90 Å². The highest BCUT2D eigenvalue weighted by molar-refractivity contribution is 6.42. The number of amides is 1. The first-order valence-electron chi connectivity index (χ1n) is 7.14. The lowest BCUT2D eigenvalue weighted by Crippen LogP contribution is -2.54. The molecule has 1 heterocycles. The summed E-state index contributed by atoms with van der Waals surface area (Å²) < 4.78 is 0. The van der Waals surface area contributed by atoms with Gasteiger partial charge in [-0.05, 0) is 24.1 Å². The van der Waals surface area contributed by atoms with E-state index in [-0.39, 0.29) is 11.8 Å². The third-order valence-electron chi connectivity index (χ3n) is 3.86. The molecule has 2 rings (SSSR count). The highest BCUT2D eigenvalue weighted by Crippen LogP contribution is 2.27. The Bertz CT molecular complexity index is 514. The number of nitrogens with two attached hydrogens (primary N) is 1. The quantitative estimate of drug-likeness (QED) is 0.927. The van der Waals surface area contributed by atoms with Crippen molar-refractivity contribution in [2.75, 3.05) is 31.1 Å². The molecule has 1 aromatic rings. The van der Waals surface area contributed by atoms with Crippen molar-refractivity contribution in [3.8, 4) is 0 Å². The van der Waals surface area contributed by atoms with Gasteiger partial charge < -0.3 is 15.5 Å². The molecule has 6 heteroatoms. The highest BCUT2D eigenvalue weighted by Gasteiger charge is 2.27. The van der Waals surface area contributed by atoms with Crippen molar-refractivity contribution in [2.45, 2.75) is 19.9 Å². The van der Waals surface area contributed by atoms with Crippen LogP contribution in [-0.4, -0.2) is 43.0 Å². The lowest BCUT2D eigenvalue weighted by Gasteiger charge is -2.37. The Balaban J connectivity index is 1.97. The number of piperazine rings is 1. The Morgan fingerprint density at radius 1 is 1.14 bits per heavy atom. The summed E-state index contributed by atoms with van der Waals surface area (Å²) in [6.07, 6.45) is 0. The van der Waals surface area contributed by atoms with Crippen molar-refractivity contribution in [2.24, 2.45) is 11.7 Å². The van der Waals surface area contributed by atoms with Crippen LogP contribution in [0.15, 0.2) is 18.2 Å². The molecular weight excluding hydrogens is 309 g/mol. The maximum Gasteiger partial charge on any atom is 0.239 e. The Morgan fingerprint density at radius 2 is 1.76 bits per heavy atom. The molecule has 116 valence electrons. The van der Waals surface area contributed by atoms with Gasteiger partial charge in [0.05, 0.1) is 16.1 Å². The molecule has 1 fully saturated rings. The van der Waals surface area contributed by atoms with E-state index in [0.717, 1.165) is 18.8 Å². The summed E-state index contributed by atoms with van der Waals surface area (Å²) in [6.45, 7) is 6.84. The van der Waals surface area contributed by atoms with Gasteiger partial charge in [0, 0.05) is 31.9 Å². The molecular formula is C15H21Cl2N3O. The second-order valence-electron chi connectivity index (χ2n) is 5.68. The summed E-state index contributed by atoms with van der Waals surface area (Å²) in [5.74, 6) is 0.199. The van der Waals surface area contributed by atoms with Crippen LogP contribution in [0.2, 0.25) is 10.0 Å². The minimum absolute atomic E-state index is 0.0405.